The number of benzene rings is 1. The van der Waals surface area contributed by atoms with E-state index < -0.39 is 10.8 Å². The van der Waals surface area contributed by atoms with Crippen LogP contribution in [0.4, 0.5) is 11.5 Å². The molecule has 0 spiro atoms. The van der Waals surface area contributed by atoms with E-state index in [0.29, 0.717) is 15.2 Å². The number of hydrogen-bond acceptors (Lipinski definition) is 3. The average molecular weight is 359 g/mol. The van der Waals surface area contributed by atoms with E-state index in [9.17, 15) is 14.9 Å². The van der Waals surface area contributed by atoms with Gasteiger partial charge in [-0.05, 0) is 39.1 Å². The molecule has 6 nitrogen and oxygen atoms in total. The Bertz CT molecular complexity index is 699. The molecule has 0 bridgehead atoms. The first-order valence-corrected chi connectivity index (χ1v) is 6.64. The summed E-state index contributed by atoms with van der Waals surface area (Å²) >= 11 is 9.19. The molecule has 1 amide bonds. The summed E-state index contributed by atoms with van der Waals surface area (Å²) in [6.07, 6.45) is 0. The molecule has 0 aliphatic heterocycles. The van der Waals surface area contributed by atoms with Gasteiger partial charge in [-0.25, -0.2) is 4.57 Å². The molecule has 0 radical (unpaired) electrons. The molecule has 2 rings (SSSR count). The van der Waals surface area contributed by atoms with Crippen LogP contribution in [0.3, 0.4) is 0 Å². The first kappa shape index (κ1) is 14.5. The van der Waals surface area contributed by atoms with Gasteiger partial charge in [-0.1, -0.05) is 17.7 Å². The van der Waals surface area contributed by atoms with Crippen molar-refractivity contribution in [2.75, 3.05) is 5.32 Å². The summed E-state index contributed by atoms with van der Waals surface area (Å²) in [5.41, 5.74) is 0.676. The molecule has 1 N–H and O–H groups in total. The second kappa shape index (κ2) is 5.64. The predicted octanol–water partition coefficient (Wildman–Crippen LogP) is 3.60. The lowest BCUT2D eigenvalue weighted by molar-refractivity contribution is -0.391. The maximum absolute atomic E-state index is 12.1. The molecular formula is C12H9BrClN3O3. The third-order valence-corrected chi connectivity index (χ3v) is 4.11. The van der Waals surface area contributed by atoms with E-state index in [-0.39, 0.29) is 11.5 Å². The molecule has 2 aromatic rings. The van der Waals surface area contributed by atoms with Gasteiger partial charge >= 0.3 is 5.82 Å². The van der Waals surface area contributed by atoms with Crippen molar-refractivity contribution in [3.8, 4) is 0 Å². The maximum Gasteiger partial charge on any atom is 0.323 e. The van der Waals surface area contributed by atoms with Gasteiger partial charge in [-0.3, -0.25) is 4.79 Å². The first-order valence-electron chi connectivity index (χ1n) is 5.47. The number of hydrogen-bond donors (Lipinski definition) is 1. The second-order valence-electron chi connectivity index (χ2n) is 3.95. The maximum atomic E-state index is 12.1. The topological polar surface area (TPSA) is 77.2 Å². The molecule has 104 valence electrons. The number of halogens is 2. The molecule has 20 heavy (non-hydrogen) atoms. The average Bonchev–Trinajstić information content (AvgIpc) is 2.77. The van der Waals surface area contributed by atoms with Gasteiger partial charge in [0.15, 0.2) is 5.69 Å². The van der Waals surface area contributed by atoms with Gasteiger partial charge in [-0.2, -0.15) is 0 Å². The number of carbonyl (C=O) groups is 1. The van der Waals surface area contributed by atoms with Crippen molar-refractivity contribution in [3.63, 3.8) is 0 Å². The fraction of sp³-hybridized carbons (Fsp3) is 0.0833. The summed E-state index contributed by atoms with van der Waals surface area (Å²) in [6, 6.07) is 7.71. The summed E-state index contributed by atoms with van der Waals surface area (Å²) < 4.78 is 1.77. The predicted molar refractivity (Wildman–Crippen MR) is 79.2 cm³/mol. The van der Waals surface area contributed by atoms with Crippen LogP contribution in [0.2, 0.25) is 5.02 Å². The molecule has 0 aliphatic carbocycles. The van der Waals surface area contributed by atoms with Gasteiger partial charge in [0.05, 0.1) is 22.2 Å². The van der Waals surface area contributed by atoms with Crippen molar-refractivity contribution in [1.29, 1.82) is 0 Å². The Labute approximate surface area is 127 Å². The molecule has 0 saturated heterocycles. The van der Waals surface area contributed by atoms with Crippen LogP contribution < -0.4 is 5.32 Å². The van der Waals surface area contributed by atoms with Crippen LogP contribution in [0.15, 0.2) is 34.8 Å². The summed E-state index contributed by atoms with van der Waals surface area (Å²) in [7, 11) is 1.46. The molecular weight excluding hydrogens is 350 g/mol. The zero-order chi connectivity index (χ0) is 14.9. The zero-order valence-electron chi connectivity index (χ0n) is 10.3. The van der Waals surface area contributed by atoms with Crippen molar-refractivity contribution in [1.82, 2.24) is 4.57 Å². The van der Waals surface area contributed by atoms with Crippen LogP contribution in [-0.2, 0) is 7.05 Å². The lowest BCUT2D eigenvalue weighted by Gasteiger charge is -2.07. The van der Waals surface area contributed by atoms with E-state index in [1.807, 2.05) is 0 Å². The Balaban J connectivity index is 2.29. The standard InChI is InChI=1S/C12H9BrClN3O3/c1-16-9(5-6-10(16)17(19)20)12(18)15-8-4-2-3-7(14)11(8)13/h2-6H,1H3,(H,15,18). The highest BCUT2D eigenvalue weighted by atomic mass is 79.9. The normalized spacial score (nSPS) is 10.3. The number of nitrogens with zero attached hydrogens (tertiary/aromatic N) is 2. The number of nitrogens with one attached hydrogen (secondary N) is 1. The zero-order valence-corrected chi connectivity index (χ0v) is 12.6. The summed E-state index contributed by atoms with van der Waals surface area (Å²) in [6.45, 7) is 0. The molecule has 0 unspecified atom stereocenters. The van der Waals surface area contributed by atoms with Crippen LogP contribution in [0.1, 0.15) is 10.5 Å². The second-order valence-corrected chi connectivity index (χ2v) is 5.15. The smallest absolute Gasteiger partial charge is 0.323 e. The summed E-state index contributed by atoms with van der Waals surface area (Å²) in [5.74, 6) is -0.608. The Kier molecular flexibility index (Phi) is 4.10. The number of anilines is 1. The van der Waals surface area contributed by atoms with Gasteiger partial charge in [0.25, 0.3) is 5.91 Å². The molecule has 0 saturated carbocycles. The lowest BCUT2D eigenvalue weighted by atomic mass is 10.3. The molecule has 1 heterocycles. The number of aromatic nitrogens is 1. The highest BCUT2D eigenvalue weighted by Gasteiger charge is 2.21. The summed E-state index contributed by atoms with van der Waals surface area (Å²) in [4.78, 5) is 22.3. The van der Waals surface area contributed by atoms with Gasteiger partial charge in [-0.15, -0.1) is 0 Å². The van der Waals surface area contributed by atoms with Gasteiger partial charge in [0.2, 0.25) is 0 Å². The fourth-order valence-electron chi connectivity index (χ4n) is 1.70. The number of amides is 1. The lowest BCUT2D eigenvalue weighted by Crippen LogP contribution is -2.16. The van der Waals surface area contributed by atoms with Crippen molar-refractivity contribution in [2.45, 2.75) is 0 Å². The molecule has 1 aromatic carbocycles. The summed E-state index contributed by atoms with van der Waals surface area (Å²) in [5, 5.41) is 13.8. The minimum atomic E-state index is -0.550. The van der Waals surface area contributed by atoms with E-state index in [1.54, 1.807) is 18.2 Å². The monoisotopic (exact) mass is 357 g/mol. The van der Waals surface area contributed by atoms with E-state index in [2.05, 4.69) is 21.2 Å². The largest absolute Gasteiger partial charge is 0.358 e. The van der Waals surface area contributed by atoms with Gasteiger partial charge in [0.1, 0.15) is 0 Å². The van der Waals surface area contributed by atoms with Gasteiger partial charge in [0, 0.05) is 6.07 Å². The van der Waals surface area contributed by atoms with E-state index in [0.717, 1.165) is 0 Å². The number of carbonyl (C=O) groups excluding carboxylic acids is 1. The highest BCUT2D eigenvalue weighted by Crippen LogP contribution is 2.30. The minimum absolute atomic E-state index is 0.152. The van der Waals surface area contributed by atoms with E-state index in [4.69, 9.17) is 11.6 Å². The molecule has 0 atom stereocenters. The van der Waals surface area contributed by atoms with Gasteiger partial charge < -0.3 is 15.4 Å². The molecule has 0 aliphatic rings. The molecule has 8 heteroatoms. The third-order valence-electron chi connectivity index (χ3n) is 2.71. The first-order chi connectivity index (χ1) is 9.41. The number of nitro groups is 1. The van der Waals surface area contributed by atoms with Crippen LogP contribution in [0.25, 0.3) is 0 Å². The van der Waals surface area contributed by atoms with E-state index in [1.165, 1.54) is 23.7 Å². The van der Waals surface area contributed by atoms with Crippen molar-refractivity contribution < 1.29 is 9.72 Å². The quantitative estimate of drug-likeness (QED) is 0.672. The van der Waals surface area contributed by atoms with Crippen LogP contribution in [-0.4, -0.2) is 15.4 Å². The third kappa shape index (κ3) is 2.68. The van der Waals surface area contributed by atoms with Crippen molar-refractivity contribution >= 4 is 44.9 Å². The Morgan fingerprint density at radius 1 is 1.40 bits per heavy atom. The minimum Gasteiger partial charge on any atom is -0.358 e. The molecule has 0 fully saturated rings. The van der Waals surface area contributed by atoms with Crippen LogP contribution in [0, 0.1) is 10.1 Å². The number of rotatable bonds is 3. The fourth-order valence-corrected chi connectivity index (χ4v) is 2.24. The van der Waals surface area contributed by atoms with Crippen LogP contribution in [0.5, 0.6) is 0 Å². The molecule has 1 aromatic heterocycles. The Morgan fingerprint density at radius 2 is 2.10 bits per heavy atom. The van der Waals surface area contributed by atoms with Crippen LogP contribution >= 0.6 is 27.5 Å². The van der Waals surface area contributed by atoms with Crippen molar-refractivity contribution in [2.24, 2.45) is 7.05 Å². The SMILES string of the molecule is Cn1c(C(=O)Nc2cccc(Cl)c2Br)ccc1[N+](=O)[O-]. The Hall–Kier alpha value is -1.86. The Morgan fingerprint density at radius 3 is 2.70 bits per heavy atom. The highest BCUT2D eigenvalue weighted by molar-refractivity contribution is 9.10. The van der Waals surface area contributed by atoms with Crippen molar-refractivity contribution in [3.05, 3.63) is 55.6 Å². The van der Waals surface area contributed by atoms with E-state index >= 15 is 0 Å².